The van der Waals surface area contributed by atoms with Crippen LogP contribution in [0, 0.1) is 0 Å². The van der Waals surface area contributed by atoms with Crippen molar-refractivity contribution in [3.05, 3.63) is 41.4 Å². The molecule has 1 aromatic carbocycles. The van der Waals surface area contributed by atoms with Gasteiger partial charge in [-0.15, -0.1) is 11.3 Å². The van der Waals surface area contributed by atoms with Gasteiger partial charge in [-0.25, -0.2) is 4.98 Å². The zero-order valence-electron chi connectivity index (χ0n) is 11.4. The van der Waals surface area contributed by atoms with Gasteiger partial charge in [-0.05, 0) is 25.0 Å². The molecule has 0 spiro atoms. The summed E-state index contributed by atoms with van der Waals surface area (Å²) in [5.74, 6) is 0. The van der Waals surface area contributed by atoms with Crippen LogP contribution in [0.3, 0.4) is 0 Å². The van der Waals surface area contributed by atoms with Gasteiger partial charge in [0.2, 0.25) is 0 Å². The Morgan fingerprint density at radius 2 is 2.29 bits per heavy atom. The quantitative estimate of drug-likeness (QED) is 0.886. The lowest BCUT2D eigenvalue weighted by Gasteiger charge is -2.25. The van der Waals surface area contributed by atoms with Crippen LogP contribution in [0.1, 0.15) is 27.3 Å². The molecule has 4 heteroatoms. The molecule has 17 heavy (non-hydrogen) atoms. The highest BCUT2D eigenvalue weighted by atomic mass is 32.1. The van der Waals surface area contributed by atoms with Crippen molar-refractivity contribution >= 4 is 22.2 Å². The number of aromatic nitrogens is 1. The van der Waals surface area contributed by atoms with E-state index in [0.29, 0.717) is 17.2 Å². The Bertz CT molecular complexity index is 579. The van der Waals surface area contributed by atoms with Crippen LogP contribution in [-0.4, -0.2) is 11.5 Å². The Hall–Kier alpha value is -1.55. The van der Waals surface area contributed by atoms with Crippen LogP contribution in [0.15, 0.2) is 35.7 Å². The van der Waals surface area contributed by atoms with Gasteiger partial charge in [0, 0.05) is 17.6 Å². The van der Waals surface area contributed by atoms with E-state index in [1.807, 2.05) is 17.5 Å². The minimum absolute atomic E-state index is 0.217. The number of hydrogen-bond donors (Lipinski definition) is 1. The number of nitrogens with two attached hydrogens (primary N) is 1. The number of thiazole rings is 1. The third-order valence-corrected chi connectivity index (χ3v) is 3.79. The molecule has 1 aromatic heterocycles. The molecule has 3 rings (SSSR count). The fourth-order valence-corrected chi connectivity index (χ4v) is 2.96. The zero-order chi connectivity index (χ0) is 13.4. The standard InChI is InChI=1S/C13H15N3S/c14-13-15-11(9-17-13)12-7-4-8-16(12)10-5-2-1-3-6-10/h1-3,5-6,9,12H,4,7-8H2,(H2,14,15)/t12-/m1/s1/i2D,3D. The van der Waals surface area contributed by atoms with Gasteiger partial charge in [-0.1, -0.05) is 18.2 Å². The first kappa shape index (κ1) is 8.53. The molecule has 0 unspecified atom stereocenters. The molecule has 0 aliphatic carbocycles. The second-order valence-electron chi connectivity index (χ2n) is 4.15. The van der Waals surface area contributed by atoms with Crippen molar-refractivity contribution in [2.75, 3.05) is 17.2 Å². The average Bonchev–Trinajstić information content (AvgIpc) is 2.95. The Labute approximate surface area is 108 Å². The van der Waals surface area contributed by atoms with E-state index in [0.717, 1.165) is 30.8 Å². The molecule has 0 bridgehead atoms. The molecule has 0 radical (unpaired) electrons. The normalized spacial score (nSPS) is 21.4. The predicted octanol–water partition coefficient (Wildman–Crippen LogP) is 3.07. The topological polar surface area (TPSA) is 42.1 Å². The molecule has 1 aliphatic rings. The summed E-state index contributed by atoms with van der Waals surface area (Å²) in [6, 6.07) is 6.15. The summed E-state index contributed by atoms with van der Waals surface area (Å²) < 4.78 is 15.5. The third kappa shape index (κ3) is 2.00. The van der Waals surface area contributed by atoms with Gasteiger partial charge in [0.15, 0.2) is 5.13 Å². The molecular formula is C13H15N3S. The summed E-state index contributed by atoms with van der Waals surface area (Å²) in [4.78, 5) is 6.60. The van der Waals surface area contributed by atoms with Crippen molar-refractivity contribution < 1.29 is 2.74 Å². The first-order valence-electron chi connectivity index (χ1n) is 6.69. The highest BCUT2D eigenvalue weighted by Crippen LogP contribution is 2.36. The molecule has 1 atom stereocenters. The van der Waals surface area contributed by atoms with Gasteiger partial charge in [0.25, 0.3) is 0 Å². The summed E-state index contributed by atoms with van der Waals surface area (Å²) in [5, 5.41) is 2.60. The number of nitrogens with zero attached hydrogens (tertiary/aromatic N) is 2. The van der Waals surface area contributed by atoms with Crippen LogP contribution >= 0.6 is 11.3 Å². The molecule has 1 saturated heterocycles. The minimum Gasteiger partial charge on any atom is -0.375 e. The molecular weight excluding hydrogens is 230 g/mol. The largest absolute Gasteiger partial charge is 0.375 e. The highest BCUT2D eigenvalue weighted by Gasteiger charge is 2.27. The van der Waals surface area contributed by atoms with Gasteiger partial charge in [-0.3, -0.25) is 0 Å². The first-order chi connectivity index (χ1) is 9.13. The second kappa shape index (κ2) is 4.37. The minimum atomic E-state index is 0.217. The maximum Gasteiger partial charge on any atom is 0.180 e. The van der Waals surface area contributed by atoms with Crippen molar-refractivity contribution in [1.82, 2.24) is 4.98 Å². The second-order valence-corrected chi connectivity index (χ2v) is 5.04. The van der Waals surface area contributed by atoms with Crippen molar-refractivity contribution in [3.63, 3.8) is 0 Å². The van der Waals surface area contributed by atoms with Crippen LogP contribution in [0.2, 0.25) is 0 Å². The lowest BCUT2D eigenvalue weighted by atomic mass is 10.1. The van der Waals surface area contributed by atoms with Crippen LogP contribution in [0.25, 0.3) is 0 Å². The smallest absolute Gasteiger partial charge is 0.180 e. The molecule has 2 aromatic rings. The zero-order valence-corrected chi connectivity index (χ0v) is 10.2. The summed E-state index contributed by atoms with van der Waals surface area (Å²) in [6.45, 7) is 0.936. The monoisotopic (exact) mass is 247 g/mol. The molecule has 1 aliphatic heterocycles. The van der Waals surface area contributed by atoms with E-state index in [1.165, 1.54) is 11.3 Å². The average molecular weight is 247 g/mol. The number of benzene rings is 1. The number of nitrogen functional groups attached to an aromatic ring is 1. The van der Waals surface area contributed by atoms with Crippen LogP contribution in [0.5, 0.6) is 0 Å². The molecule has 2 heterocycles. The molecule has 0 amide bonds. The van der Waals surface area contributed by atoms with Gasteiger partial charge >= 0.3 is 0 Å². The SMILES string of the molecule is [2H]c1cc([2H])cc(N2CCC[C@@H]2c2csc(N)n2)c1. The molecule has 88 valence electrons. The van der Waals surface area contributed by atoms with E-state index < -0.39 is 0 Å². The summed E-state index contributed by atoms with van der Waals surface area (Å²) in [5.41, 5.74) is 7.65. The molecule has 2 N–H and O–H groups in total. The van der Waals surface area contributed by atoms with Gasteiger partial charge < -0.3 is 10.6 Å². The predicted molar refractivity (Wildman–Crippen MR) is 72.3 cm³/mol. The van der Waals surface area contributed by atoms with E-state index in [-0.39, 0.29) is 6.04 Å². The maximum atomic E-state index is 7.73. The van der Waals surface area contributed by atoms with Crippen molar-refractivity contribution in [1.29, 1.82) is 0 Å². The third-order valence-electron chi connectivity index (χ3n) is 3.09. The van der Waals surface area contributed by atoms with Gasteiger partial charge in [0.1, 0.15) is 0 Å². The molecule has 1 fully saturated rings. The number of hydrogen-bond acceptors (Lipinski definition) is 4. The summed E-state index contributed by atoms with van der Waals surface area (Å²) in [7, 11) is 0. The maximum absolute atomic E-state index is 7.73. The van der Waals surface area contributed by atoms with Crippen molar-refractivity contribution in [2.45, 2.75) is 18.9 Å². The Morgan fingerprint density at radius 3 is 3.00 bits per heavy atom. The van der Waals surface area contributed by atoms with E-state index in [2.05, 4.69) is 9.88 Å². The van der Waals surface area contributed by atoms with Gasteiger partial charge in [-0.2, -0.15) is 0 Å². The summed E-state index contributed by atoms with van der Waals surface area (Å²) >= 11 is 1.46. The van der Waals surface area contributed by atoms with E-state index in [1.54, 1.807) is 6.07 Å². The van der Waals surface area contributed by atoms with Crippen LogP contribution in [0.4, 0.5) is 10.8 Å². The Morgan fingerprint density at radius 1 is 1.47 bits per heavy atom. The van der Waals surface area contributed by atoms with Gasteiger partial charge in [0.05, 0.1) is 14.5 Å². The van der Waals surface area contributed by atoms with Crippen LogP contribution in [-0.2, 0) is 0 Å². The molecule has 0 saturated carbocycles. The lowest BCUT2D eigenvalue weighted by molar-refractivity contribution is 0.701. The number of rotatable bonds is 2. The lowest BCUT2D eigenvalue weighted by Crippen LogP contribution is -2.22. The van der Waals surface area contributed by atoms with Crippen molar-refractivity contribution in [2.24, 2.45) is 0 Å². The van der Waals surface area contributed by atoms with Crippen LogP contribution < -0.4 is 10.6 Å². The first-order valence-corrected chi connectivity index (χ1v) is 6.57. The fourth-order valence-electron chi connectivity index (χ4n) is 2.35. The van der Waals surface area contributed by atoms with E-state index in [4.69, 9.17) is 8.48 Å². The molecule has 3 nitrogen and oxygen atoms in total. The number of para-hydroxylation sites is 1. The van der Waals surface area contributed by atoms with Crippen molar-refractivity contribution in [3.8, 4) is 0 Å². The Kier molecular flexibility index (Phi) is 2.19. The van der Waals surface area contributed by atoms with E-state index in [9.17, 15) is 0 Å². The summed E-state index contributed by atoms with van der Waals surface area (Å²) in [6.07, 6.45) is 2.14. The fraction of sp³-hybridized carbons (Fsp3) is 0.308. The van der Waals surface area contributed by atoms with E-state index >= 15 is 0 Å². The Balaban J connectivity index is 1.94. The highest BCUT2D eigenvalue weighted by molar-refractivity contribution is 7.13. The number of anilines is 2.